The first-order valence-electron chi connectivity index (χ1n) is 12.8. The van der Waals surface area contributed by atoms with Gasteiger partial charge in [-0.25, -0.2) is 4.79 Å². The number of hydrogen-bond acceptors (Lipinski definition) is 4. The summed E-state index contributed by atoms with van der Waals surface area (Å²) in [6, 6.07) is 19.9. The van der Waals surface area contributed by atoms with Crippen LogP contribution in [0.4, 0.5) is 13.2 Å². The van der Waals surface area contributed by atoms with Crippen LogP contribution in [0, 0.1) is 0 Å². The van der Waals surface area contributed by atoms with Crippen molar-refractivity contribution >= 4 is 17.6 Å². The van der Waals surface area contributed by atoms with Gasteiger partial charge in [0.1, 0.15) is 0 Å². The number of alkyl halides is 3. The van der Waals surface area contributed by atoms with Crippen molar-refractivity contribution in [2.45, 2.75) is 38.1 Å². The van der Waals surface area contributed by atoms with Crippen molar-refractivity contribution < 1.29 is 23.1 Å². The van der Waals surface area contributed by atoms with Gasteiger partial charge >= 0.3 is 17.8 Å². The average Bonchev–Trinajstić information content (AvgIpc) is 2.94. The summed E-state index contributed by atoms with van der Waals surface area (Å²) in [5.41, 5.74) is -1.34. The molecule has 0 aliphatic heterocycles. The molecule has 214 valence electrons. The van der Waals surface area contributed by atoms with E-state index < -0.39 is 41.5 Å². The second-order valence-corrected chi connectivity index (χ2v) is 9.83. The number of rotatable bonds is 11. The number of carboxylic acid groups (broad SMARTS) is 1. The number of carboxylic acids is 1. The third-order valence-corrected chi connectivity index (χ3v) is 6.92. The van der Waals surface area contributed by atoms with Crippen LogP contribution in [0.2, 0.25) is 5.02 Å². The highest BCUT2D eigenvalue weighted by atomic mass is 35.5. The molecule has 4 rings (SSSR count). The van der Waals surface area contributed by atoms with Gasteiger partial charge in [0, 0.05) is 23.2 Å². The lowest BCUT2D eigenvalue weighted by Crippen LogP contribution is -2.43. The van der Waals surface area contributed by atoms with Crippen LogP contribution in [0.1, 0.15) is 35.6 Å². The summed E-state index contributed by atoms with van der Waals surface area (Å²) in [7, 11) is 0. The van der Waals surface area contributed by atoms with Crippen molar-refractivity contribution in [3.63, 3.8) is 0 Å². The minimum Gasteiger partial charge on any atom is -0.481 e. The molecule has 0 radical (unpaired) electrons. The highest BCUT2D eigenvalue weighted by Crippen LogP contribution is 2.32. The number of halogens is 4. The van der Waals surface area contributed by atoms with Crippen molar-refractivity contribution in [3.05, 3.63) is 128 Å². The summed E-state index contributed by atoms with van der Waals surface area (Å²) in [6.07, 6.45) is -3.15. The summed E-state index contributed by atoms with van der Waals surface area (Å²) >= 11 is 6.39. The molecular weight excluding hydrogens is 559 g/mol. The maximum atomic E-state index is 13.8. The molecule has 4 aromatic rings. The van der Waals surface area contributed by atoms with Crippen molar-refractivity contribution in [1.82, 2.24) is 14.5 Å². The molecule has 0 saturated carbocycles. The minimum absolute atomic E-state index is 0.0531. The van der Waals surface area contributed by atoms with Gasteiger partial charge in [-0.3, -0.25) is 18.7 Å². The molecule has 0 aliphatic carbocycles. The lowest BCUT2D eigenvalue weighted by Gasteiger charge is -2.22. The largest absolute Gasteiger partial charge is 0.481 e. The fourth-order valence-corrected chi connectivity index (χ4v) is 4.82. The number of benzene rings is 3. The van der Waals surface area contributed by atoms with Crippen LogP contribution in [0.15, 0.2) is 94.6 Å². The molecule has 11 heteroatoms. The van der Waals surface area contributed by atoms with E-state index in [9.17, 15) is 27.6 Å². The number of aromatic nitrogens is 2. The van der Waals surface area contributed by atoms with Crippen molar-refractivity contribution in [3.8, 4) is 11.1 Å². The summed E-state index contributed by atoms with van der Waals surface area (Å²) in [5, 5.41) is 12.4. The summed E-state index contributed by atoms with van der Waals surface area (Å²) in [4.78, 5) is 38.4. The van der Waals surface area contributed by atoms with Gasteiger partial charge in [0.15, 0.2) is 0 Å². The summed E-state index contributed by atoms with van der Waals surface area (Å²) in [6.45, 7) is -0.305. The fraction of sp³-hybridized carbons (Fsp3) is 0.233. The number of aliphatic carboxylic acids is 1. The zero-order valence-corrected chi connectivity index (χ0v) is 22.5. The van der Waals surface area contributed by atoms with Crippen LogP contribution < -0.4 is 16.6 Å². The van der Waals surface area contributed by atoms with E-state index in [2.05, 4.69) is 5.32 Å². The van der Waals surface area contributed by atoms with E-state index in [0.29, 0.717) is 12.0 Å². The third-order valence-electron chi connectivity index (χ3n) is 6.59. The van der Waals surface area contributed by atoms with Gasteiger partial charge in [-0.2, -0.15) is 13.2 Å². The molecule has 0 aliphatic rings. The topological polar surface area (TPSA) is 93.3 Å². The van der Waals surface area contributed by atoms with E-state index in [1.54, 1.807) is 54.6 Å². The smallest absolute Gasteiger partial charge is 0.416 e. The first-order chi connectivity index (χ1) is 19.6. The first-order valence-corrected chi connectivity index (χ1v) is 13.2. The van der Waals surface area contributed by atoms with E-state index in [-0.39, 0.29) is 35.7 Å². The highest BCUT2D eigenvalue weighted by Gasteiger charge is 2.33. The Morgan fingerprint density at radius 3 is 2.27 bits per heavy atom. The van der Waals surface area contributed by atoms with Gasteiger partial charge < -0.3 is 10.4 Å². The number of hydrogen-bond donors (Lipinski definition) is 2. The van der Waals surface area contributed by atoms with E-state index in [1.807, 2.05) is 0 Å². The predicted molar refractivity (Wildman–Crippen MR) is 150 cm³/mol. The molecular formula is C30H27ClF3N3O4. The number of nitrogens with zero attached hydrogens (tertiary/aromatic N) is 2. The lowest BCUT2D eigenvalue weighted by atomic mass is 10.1. The Morgan fingerprint density at radius 2 is 1.59 bits per heavy atom. The standard InChI is InChI=1S/C30H27ClF3N3O4/c31-25-14-7-5-12-22(25)23-18-36(17-21-11-4-6-13-24(21)30(32,33)34)29(41)37(28(23)40)19-26(20-9-2-1-3-10-20)35-16-8-15-27(38)39/h1-7,9-14,18,26,35H,8,15-17,19H2,(H,38,39)/t26-/m0/s1. The molecule has 0 bridgehead atoms. The fourth-order valence-electron chi connectivity index (χ4n) is 4.58. The van der Waals surface area contributed by atoms with Crippen LogP contribution in [0.25, 0.3) is 11.1 Å². The molecule has 0 unspecified atom stereocenters. The Balaban J connectivity index is 1.84. The second kappa shape index (κ2) is 13.0. The van der Waals surface area contributed by atoms with Crippen LogP contribution >= 0.6 is 11.6 Å². The van der Waals surface area contributed by atoms with Crippen LogP contribution in [0.3, 0.4) is 0 Å². The lowest BCUT2D eigenvalue weighted by molar-refractivity contribution is -0.138. The Bertz CT molecular complexity index is 1630. The minimum atomic E-state index is -4.64. The third kappa shape index (κ3) is 7.33. The van der Waals surface area contributed by atoms with E-state index >= 15 is 0 Å². The molecule has 2 N–H and O–H groups in total. The Labute approximate surface area is 238 Å². The average molecular weight is 586 g/mol. The maximum Gasteiger partial charge on any atom is 0.416 e. The molecule has 0 fully saturated rings. The van der Waals surface area contributed by atoms with Gasteiger partial charge in [0.2, 0.25) is 0 Å². The van der Waals surface area contributed by atoms with Gasteiger partial charge in [0.25, 0.3) is 5.56 Å². The molecule has 0 spiro atoms. The zero-order chi connectivity index (χ0) is 29.6. The molecule has 1 atom stereocenters. The van der Waals surface area contributed by atoms with Crippen LogP contribution in [-0.4, -0.2) is 26.8 Å². The molecule has 3 aromatic carbocycles. The number of nitrogens with one attached hydrogen (secondary N) is 1. The van der Waals surface area contributed by atoms with Gasteiger partial charge in [-0.15, -0.1) is 0 Å². The Kier molecular flexibility index (Phi) is 9.46. The SMILES string of the molecule is O=C(O)CCCN[C@@H](Cn1c(=O)c(-c2ccccc2Cl)cn(Cc2ccccc2C(F)(F)F)c1=O)c1ccccc1. The number of carbonyl (C=O) groups is 1. The molecule has 1 heterocycles. The molecule has 41 heavy (non-hydrogen) atoms. The summed E-state index contributed by atoms with van der Waals surface area (Å²) < 4.78 is 43.3. The molecule has 0 amide bonds. The van der Waals surface area contributed by atoms with E-state index in [4.69, 9.17) is 16.7 Å². The second-order valence-electron chi connectivity index (χ2n) is 9.42. The molecule has 0 saturated heterocycles. The summed E-state index contributed by atoms with van der Waals surface area (Å²) in [5.74, 6) is -0.950. The van der Waals surface area contributed by atoms with Crippen molar-refractivity contribution in [2.75, 3.05) is 6.54 Å². The monoisotopic (exact) mass is 585 g/mol. The van der Waals surface area contributed by atoms with E-state index in [1.165, 1.54) is 24.4 Å². The Hall–Kier alpha value is -4.15. The van der Waals surface area contributed by atoms with Crippen LogP contribution in [0.5, 0.6) is 0 Å². The van der Waals surface area contributed by atoms with Gasteiger partial charge in [-0.1, -0.05) is 78.3 Å². The predicted octanol–water partition coefficient (Wildman–Crippen LogP) is 5.59. The maximum absolute atomic E-state index is 13.8. The highest BCUT2D eigenvalue weighted by molar-refractivity contribution is 6.33. The molecule has 7 nitrogen and oxygen atoms in total. The van der Waals surface area contributed by atoms with Gasteiger partial charge in [-0.05, 0) is 36.2 Å². The van der Waals surface area contributed by atoms with Crippen LogP contribution in [-0.2, 0) is 24.1 Å². The zero-order valence-electron chi connectivity index (χ0n) is 21.8. The van der Waals surface area contributed by atoms with E-state index in [0.717, 1.165) is 20.8 Å². The first kappa shape index (κ1) is 29.8. The van der Waals surface area contributed by atoms with Gasteiger partial charge in [0.05, 0.1) is 30.3 Å². The Morgan fingerprint density at radius 1 is 0.927 bits per heavy atom. The van der Waals surface area contributed by atoms with Crippen molar-refractivity contribution in [1.29, 1.82) is 0 Å². The quantitative estimate of drug-likeness (QED) is 0.224. The normalized spacial score (nSPS) is 12.3. The van der Waals surface area contributed by atoms with Crippen molar-refractivity contribution in [2.24, 2.45) is 0 Å². The molecule has 1 aromatic heterocycles.